The molecule has 0 saturated carbocycles. The number of ether oxygens (including phenoxy) is 2. The molecule has 0 aliphatic rings. The van der Waals surface area contributed by atoms with Crippen LogP contribution in [0.5, 0.6) is 5.75 Å². The Labute approximate surface area is 95.4 Å². The SMILES string of the molecule is COCCCC(N)c1ccc(OC)c(F)c1. The molecule has 0 spiro atoms. The van der Waals surface area contributed by atoms with Gasteiger partial charge in [-0.25, -0.2) is 4.39 Å². The zero-order chi connectivity index (χ0) is 12.0. The van der Waals surface area contributed by atoms with Crippen molar-refractivity contribution in [3.8, 4) is 5.75 Å². The van der Waals surface area contributed by atoms with Crippen molar-refractivity contribution in [2.45, 2.75) is 18.9 Å². The molecule has 1 aromatic rings. The lowest BCUT2D eigenvalue weighted by molar-refractivity contribution is 0.190. The molecule has 0 heterocycles. The molecule has 1 atom stereocenters. The minimum atomic E-state index is -0.373. The number of nitrogens with two attached hydrogens (primary N) is 1. The van der Waals surface area contributed by atoms with Gasteiger partial charge in [-0.3, -0.25) is 0 Å². The van der Waals surface area contributed by atoms with E-state index in [0.29, 0.717) is 6.61 Å². The zero-order valence-electron chi connectivity index (χ0n) is 9.70. The molecule has 0 radical (unpaired) electrons. The van der Waals surface area contributed by atoms with Crippen LogP contribution in [0.25, 0.3) is 0 Å². The van der Waals surface area contributed by atoms with Gasteiger partial charge >= 0.3 is 0 Å². The van der Waals surface area contributed by atoms with Crippen molar-refractivity contribution in [3.63, 3.8) is 0 Å². The second-order valence-corrected chi connectivity index (χ2v) is 3.64. The number of halogens is 1. The summed E-state index contributed by atoms with van der Waals surface area (Å²) in [5, 5.41) is 0. The molecule has 2 N–H and O–H groups in total. The Morgan fingerprint density at radius 1 is 1.38 bits per heavy atom. The lowest BCUT2D eigenvalue weighted by atomic mass is 10.0. The first kappa shape index (κ1) is 12.9. The third kappa shape index (κ3) is 3.47. The maximum absolute atomic E-state index is 13.4. The van der Waals surface area contributed by atoms with E-state index in [1.54, 1.807) is 19.2 Å². The van der Waals surface area contributed by atoms with Crippen molar-refractivity contribution in [3.05, 3.63) is 29.6 Å². The fraction of sp³-hybridized carbons (Fsp3) is 0.500. The first-order chi connectivity index (χ1) is 7.69. The Morgan fingerprint density at radius 2 is 2.12 bits per heavy atom. The summed E-state index contributed by atoms with van der Waals surface area (Å²) in [5.41, 5.74) is 6.72. The van der Waals surface area contributed by atoms with Gasteiger partial charge in [-0.2, -0.15) is 0 Å². The summed E-state index contributed by atoms with van der Waals surface area (Å²) in [6, 6.07) is 4.66. The Kier molecular flexibility index (Phi) is 5.22. The summed E-state index contributed by atoms with van der Waals surface area (Å²) in [7, 11) is 3.09. The molecular weight excluding hydrogens is 209 g/mol. The topological polar surface area (TPSA) is 44.5 Å². The summed E-state index contributed by atoms with van der Waals surface area (Å²) < 4.78 is 23.2. The van der Waals surface area contributed by atoms with Crippen molar-refractivity contribution in [2.24, 2.45) is 5.73 Å². The van der Waals surface area contributed by atoms with Crippen LogP contribution in [-0.4, -0.2) is 20.8 Å². The molecule has 0 amide bonds. The third-order valence-electron chi connectivity index (χ3n) is 2.47. The van der Waals surface area contributed by atoms with Gasteiger partial charge in [0.1, 0.15) is 0 Å². The van der Waals surface area contributed by atoms with Gasteiger partial charge in [0.05, 0.1) is 7.11 Å². The highest BCUT2D eigenvalue weighted by atomic mass is 19.1. The van der Waals surface area contributed by atoms with E-state index in [9.17, 15) is 4.39 Å². The van der Waals surface area contributed by atoms with Crippen LogP contribution >= 0.6 is 0 Å². The molecule has 90 valence electrons. The summed E-state index contributed by atoms with van der Waals surface area (Å²) in [6.45, 7) is 0.673. The van der Waals surface area contributed by atoms with Crippen LogP contribution in [-0.2, 0) is 4.74 Å². The summed E-state index contributed by atoms with van der Waals surface area (Å²) in [6.07, 6.45) is 1.64. The zero-order valence-corrected chi connectivity index (χ0v) is 9.70. The summed E-state index contributed by atoms with van der Waals surface area (Å²) in [5.74, 6) is -0.130. The van der Waals surface area contributed by atoms with E-state index >= 15 is 0 Å². The van der Waals surface area contributed by atoms with E-state index < -0.39 is 0 Å². The van der Waals surface area contributed by atoms with Gasteiger partial charge in [0, 0.05) is 19.8 Å². The molecule has 0 aliphatic carbocycles. The minimum Gasteiger partial charge on any atom is -0.494 e. The van der Waals surface area contributed by atoms with Gasteiger partial charge in [0.2, 0.25) is 0 Å². The van der Waals surface area contributed by atoms with Crippen LogP contribution in [0.3, 0.4) is 0 Å². The normalized spacial score (nSPS) is 12.5. The van der Waals surface area contributed by atoms with Gasteiger partial charge in [0.25, 0.3) is 0 Å². The molecule has 1 unspecified atom stereocenters. The second kappa shape index (κ2) is 6.45. The van der Waals surface area contributed by atoms with E-state index in [-0.39, 0.29) is 17.6 Å². The van der Waals surface area contributed by atoms with Gasteiger partial charge in [-0.05, 0) is 30.5 Å². The predicted molar refractivity (Wildman–Crippen MR) is 61.0 cm³/mol. The molecule has 16 heavy (non-hydrogen) atoms. The van der Waals surface area contributed by atoms with Crippen LogP contribution in [0, 0.1) is 5.82 Å². The predicted octanol–water partition coefficient (Wildman–Crippen LogP) is 2.26. The maximum Gasteiger partial charge on any atom is 0.165 e. The Morgan fingerprint density at radius 3 is 2.69 bits per heavy atom. The lowest BCUT2D eigenvalue weighted by Gasteiger charge is -2.12. The molecule has 1 rings (SSSR count). The maximum atomic E-state index is 13.4. The number of hydrogen-bond donors (Lipinski definition) is 1. The number of benzene rings is 1. The molecule has 0 bridgehead atoms. The first-order valence-electron chi connectivity index (χ1n) is 5.27. The van der Waals surface area contributed by atoms with Crippen LogP contribution < -0.4 is 10.5 Å². The number of methoxy groups -OCH3 is 2. The smallest absolute Gasteiger partial charge is 0.165 e. The van der Waals surface area contributed by atoms with E-state index in [4.69, 9.17) is 15.2 Å². The Hall–Kier alpha value is -1.13. The molecule has 0 saturated heterocycles. The molecular formula is C12H18FNO2. The molecule has 0 aliphatic heterocycles. The van der Waals surface area contributed by atoms with Crippen molar-refractivity contribution >= 4 is 0 Å². The van der Waals surface area contributed by atoms with Crippen LogP contribution in [0.4, 0.5) is 4.39 Å². The van der Waals surface area contributed by atoms with Crippen LogP contribution in [0.1, 0.15) is 24.4 Å². The standard InChI is InChI=1S/C12H18FNO2/c1-15-7-3-4-11(14)9-5-6-12(16-2)10(13)8-9/h5-6,8,11H,3-4,7,14H2,1-2H3. The largest absolute Gasteiger partial charge is 0.494 e. The third-order valence-corrected chi connectivity index (χ3v) is 2.47. The average molecular weight is 227 g/mol. The molecule has 4 heteroatoms. The molecule has 1 aromatic carbocycles. The number of hydrogen-bond acceptors (Lipinski definition) is 3. The van der Waals surface area contributed by atoms with E-state index in [1.807, 2.05) is 0 Å². The van der Waals surface area contributed by atoms with E-state index in [0.717, 1.165) is 18.4 Å². The van der Waals surface area contributed by atoms with Gasteiger partial charge < -0.3 is 15.2 Å². The fourth-order valence-electron chi connectivity index (χ4n) is 1.53. The van der Waals surface area contributed by atoms with Gasteiger partial charge in [-0.1, -0.05) is 6.07 Å². The Bertz CT molecular complexity index is 331. The second-order valence-electron chi connectivity index (χ2n) is 3.64. The van der Waals surface area contributed by atoms with Crippen LogP contribution in [0.2, 0.25) is 0 Å². The quantitative estimate of drug-likeness (QED) is 0.758. The van der Waals surface area contributed by atoms with Gasteiger partial charge in [0.15, 0.2) is 11.6 Å². The van der Waals surface area contributed by atoms with E-state index in [1.165, 1.54) is 13.2 Å². The van der Waals surface area contributed by atoms with Crippen molar-refractivity contribution in [1.82, 2.24) is 0 Å². The highest BCUT2D eigenvalue weighted by Gasteiger charge is 2.09. The summed E-state index contributed by atoms with van der Waals surface area (Å²) in [4.78, 5) is 0. The van der Waals surface area contributed by atoms with Crippen molar-refractivity contribution in [2.75, 3.05) is 20.8 Å². The van der Waals surface area contributed by atoms with Crippen LogP contribution in [0.15, 0.2) is 18.2 Å². The average Bonchev–Trinajstić information content (AvgIpc) is 2.29. The number of rotatable bonds is 6. The molecule has 0 fully saturated rings. The fourth-order valence-corrected chi connectivity index (χ4v) is 1.53. The van der Waals surface area contributed by atoms with Crippen molar-refractivity contribution in [1.29, 1.82) is 0 Å². The van der Waals surface area contributed by atoms with Crippen molar-refractivity contribution < 1.29 is 13.9 Å². The van der Waals surface area contributed by atoms with Gasteiger partial charge in [-0.15, -0.1) is 0 Å². The molecule has 3 nitrogen and oxygen atoms in total. The highest BCUT2D eigenvalue weighted by Crippen LogP contribution is 2.22. The first-order valence-corrected chi connectivity index (χ1v) is 5.27. The summed E-state index contributed by atoms with van der Waals surface area (Å²) >= 11 is 0. The lowest BCUT2D eigenvalue weighted by Crippen LogP contribution is -2.11. The highest BCUT2D eigenvalue weighted by molar-refractivity contribution is 5.30. The van der Waals surface area contributed by atoms with E-state index in [2.05, 4.69) is 0 Å². The monoisotopic (exact) mass is 227 g/mol. The minimum absolute atomic E-state index is 0.157. The Balaban J connectivity index is 2.62. The molecule has 0 aromatic heterocycles.